The average molecular weight is 307 g/mol. The lowest BCUT2D eigenvalue weighted by atomic mass is 10.2. The molecule has 0 bridgehead atoms. The number of rotatable bonds is 7. The molecule has 0 aliphatic carbocycles. The molecule has 6 heteroatoms. The quantitative estimate of drug-likeness (QED) is 0.765. The van der Waals surface area contributed by atoms with Gasteiger partial charge in [-0.05, 0) is 37.1 Å². The SMILES string of the molecule is COCCCNc1ccnc(Nc2cccc(Cl)c2C)n1. The largest absolute Gasteiger partial charge is 0.385 e. The highest BCUT2D eigenvalue weighted by Crippen LogP contribution is 2.25. The van der Waals surface area contributed by atoms with Crippen LogP contribution in [0.25, 0.3) is 0 Å². The van der Waals surface area contributed by atoms with Crippen molar-refractivity contribution in [3.63, 3.8) is 0 Å². The van der Waals surface area contributed by atoms with Crippen LogP contribution in [0.3, 0.4) is 0 Å². The number of anilines is 3. The Morgan fingerprint density at radius 1 is 1.29 bits per heavy atom. The predicted molar refractivity (Wildman–Crippen MR) is 86.5 cm³/mol. The summed E-state index contributed by atoms with van der Waals surface area (Å²) in [5.41, 5.74) is 1.88. The monoisotopic (exact) mass is 306 g/mol. The van der Waals surface area contributed by atoms with Gasteiger partial charge in [0.1, 0.15) is 5.82 Å². The third-order valence-electron chi connectivity index (χ3n) is 3.00. The van der Waals surface area contributed by atoms with Crippen LogP contribution in [-0.4, -0.2) is 30.2 Å². The molecule has 0 amide bonds. The van der Waals surface area contributed by atoms with Gasteiger partial charge in [0.2, 0.25) is 5.95 Å². The third-order valence-corrected chi connectivity index (χ3v) is 3.41. The summed E-state index contributed by atoms with van der Waals surface area (Å²) >= 11 is 6.10. The van der Waals surface area contributed by atoms with E-state index < -0.39 is 0 Å². The summed E-state index contributed by atoms with van der Waals surface area (Å²) in [7, 11) is 1.69. The van der Waals surface area contributed by atoms with Crippen LogP contribution >= 0.6 is 11.6 Å². The minimum Gasteiger partial charge on any atom is -0.385 e. The molecule has 0 radical (unpaired) electrons. The van der Waals surface area contributed by atoms with Crippen molar-refractivity contribution in [2.75, 3.05) is 30.9 Å². The van der Waals surface area contributed by atoms with E-state index in [9.17, 15) is 0 Å². The molecule has 1 heterocycles. The molecule has 0 saturated heterocycles. The lowest BCUT2D eigenvalue weighted by Crippen LogP contribution is -2.07. The van der Waals surface area contributed by atoms with Gasteiger partial charge in [-0.2, -0.15) is 4.98 Å². The van der Waals surface area contributed by atoms with Gasteiger partial charge in [-0.1, -0.05) is 17.7 Å². The van der Waals surface area contributed by atoms with E-state index in [0.717, 1.165) is 36.6 Å². The number of benzene rings is 1. The molecule has 0 unspecified atom stereocenters. The zero-order valence-corrected chi connectivity index (χ0v) is 12.9. The van der Waals surface area contributed by atoms with Gasteiger partial charge in [0.05, 0.1) is 0 Å². The minimum absolute atomic E-state index is 0.539. The molecule has 112 valence electrons. The van der Waals surface area contributed by atoms with Gasteiger partial charge in [-0.3, -0.25) is 0 Å². The molecule has 1 aromatic carbocycles. The number of hydrogen-bond acceptors (Lipinski definition) is 5. The van der Waals surface area contributed by atoms with E-state index in [1.165, 1.54) is 0 Å². The zero-order chi connectivity index (χ0) is 15.1. The number of ether oxygens (including phenoxy) is 1. The van der Waals surface area contributed by atoms with Gasteiger partial charge in [0, 0.05) is 37.2 Å². The molecule has 0 saturated carbocycles. The Kier molecular flexibility index (Phi) is 5.78. The van der Waals surface area contributed by atoms with Crippen LogP contribution in [0.1, 0.15) is 12.0 Å². The van der Waals surface area contributed by atoms with Crippen molar-refractivity contribution in [1.29, 1.82) is 0 Å². The Labute approximate surface area is 129 Å². The number of aromatic nitrogens is 2. The Morgan fingerprint density at radius 3 is 2.95 bits per heavy atom. The summed E-state index contributed by atoms with van der Waals surface area (Å²) in [5, 5.41) is 7.13. The first-order valence-electron chi connectivity index (χ1n) is 6.78. The van der Waals surface area contributed by atoms with E-state index in [-0.39, 0.29) is 0 Å². The Morgan fingerprint density at radius 2 is 2.14 bits per heavy atom. The highest BCUT2D eigenvalue weighted by molar-refractivity contribution is 6.31. The molecule has 0 atom stereocenters. The molecule has 2 N–H and O–H groups in total. The maximum atomic E-state index is 6.10. The van der Waals surface area contributed by atoms with E-state index in [1.54, 1.807) is 13.3 Å². The highest BCUT2D eigenvalue weighted by Gasteiger charge is 2.04. The Balaban J connectivity index is 2.02. The van der Waals surface area contributed by atoms with Gasteiger partial charge in [0.25, 0.3) is 0 Å². The van der Waals surface area contributed by atoms with Crippen LogP contribution in [-0.2, 0) is 4.74 Å². The van der Waals surface area contributed by atoms with Crippen LogP contribution < -0.4 is 10.6 Å². The van der Waals surface area contributed by atoms with Crippen molar-refractivity contribution in [2.24, 2.45) is 0 Å². The van der Waals surface area contributed by atoms with Crippen LogP contribution in [0.5, 0.6) is 0 Å². The van der Waals surface area contributed by atoms with Gasteiger partial charge < -0.3 is 15.4 Å². The summed E-state index contributed by atoms with van der Waals surface area (Å²) in [6, 6.07) is 7.54. The molecule has 0 aliphatic rings. The first kappa shape index (κ1) is 15.5. The van der Waals surface area contributed by atoms with Crippen molar-refractivity contribution in [3.8, 4) is 0 Å². The standard InChI is InChI=1S/C15H19ClN4O/c1-11-12(16)5-3-6-13(11)19-15-18-9-7-14(20-15)17-8-4-10-21-2/h3,5-7,9H,4,8,10H2,1-2H3,(H2,17,18,19,20). The zero-order valence-electron chi connectivity index (χ0n) is 12.2. The molecule has 0 fully saturated rings. The molecule has 0 aliphatic heterocycles. The van der Waals surface area contributed by atoms with E-state index in [1.807, 2.05) is 31.2 Å². The number of nitrogens with zero attached hydrogens (tertiary/aromatic N) is 2. The Bertz CT molecular complexity index is 592. The van der Waals surface area contributed by atoms with Gasteiger partial charge >= 0.3 is 0 Å². The third kappa shape index (κ3) is 4.58. The van der Waals surface area contributed by atoms with Crippen molar-refractivity contribution < 1.29 is 4.74 Å². The number of hydrogen-bond donors (Lipinski definition) is 2. The average Bonchev–Trinajstić information content (AvgIpc) is 2.49. The molecule has 1 aromatic heterocycles. The second kappa shape index (κ2) is 7.81. The summed E-state index contributed by atoms with van der Waals surface area (Å²) in [4.78, 5) is 8.64. The highest BCUT2D eigenvalue weighted by atomic mass is 35.5. The van der Waals surface area contributed by atoms with Crippen molar-refractivity contribution in [2.45, 2.75) is 13.3 Å². The molecule has 21 heavy (non-hydrogen) atoms. The van der Waals surface area contributed by atoms with E-state index in [4.69, 9.17) is 16.3 Å². The molecular formula is C15H19ClN4O. The fourth-order valence-corrected chi connectivity index (χ4v) is 1.99. The topological polar surface area (TPSA) is 59.1 Å². The maximum absolute atomic E-state index is 6.10. The number of halogens is 1. The van der Waals surface area contributed by atoms with Crippen molar-refractivity contribution in [3.05, 3.63) is 41.0 Å². The van der Waals surface area contributed by atoms with E-state index in [2.05, 4.69) is 20.6 Å². The molecule has 2 aromatic rings. The molecule has 5 nitrogen and oxygen atoms in total. The number of nitrogens with one attached hydrogen (secondary N) is 2. The fraction of sp³-hybridized carbons (Fsp3) is 0.333. The van der Waals surface area contributed by atoms with Crippen LogP contribution in [0, 0.1) is 6.92 Å². The van der Waals surface area contributed by atoms with Crippen molar-refractivity contribution in [1.82, 2.24) is 9.97 Å². The summed E-state index contributed by atoms with van der Waals surface area (Å²) in [6.07, 6.45) is 2.64. The lowest BCUT2D eigenvalue weighted by Gasteiger charge is -2.10. The summed E-state index contributed by atoms with van der Waals surface area (Å²) < 4.78 is 5.01. The second-order valence-corrected chi connectivity index (χ2v) is 4.98. The molecular weight excluding hydrogens is 288 g/mol. The second-order valence-electron chi connectivity index (χ2n) is 4.58. The summed E-state index contributed by atoms with van der Waals surface area (Å²) in [6.45, 7) is 3.49. The number of methoxy groups -OCH3 is 1. The normalized spacial score (nSPS) is 10.4. The van der Waals surface area contributed by atoms with E-state index >= 15 is 0 Å². The molecule has 2 rings (SSSR count). The lowest BCUT2D eigenvalue weighted by molar-refractivity contribution is 0.198. The molecule has 0 spiro atoms. The maximum Gasteiger partial charge on any atom is 0.229 e. The first-order valence-corrected chi connectivity index (χ1v) is 7.16. The summed E-state index contributed by atoms with van der Waals surface area (Å²) in [5.74, 6) is 1.32. The minimum atomic E-state index is 0.539. The Hall–Kier alpha value is -1.85. The van der Waals surface area contributed by atoms with E-state index in [0.29, 0.717) is 11.0 Å². The smallest absolute Gasteiger partial charge is 0.229 e. The first-order chi connectivity index (χ1) is 10.2. The predicted octanol–water partition coefficient (Wildman–Crippen LogP) is 3.63. The van der Waals surface area contributed by atoms with Crippen molar-refractivity contribution >= 4 is 29.1 Å². The van der Waals surface area contributed by atoms with Gasteiger partial charge in [-0.15, -0.1) is 0 Å². The van der Waals surface area contributed by atoms with Crippen LogP contribution in [0.2, 0.25) is 5.02 Å². The van der Waals surface area contributed by atoms with Gasteiger partial charge in [-0.25, -0.2) is 4.98 Å². The van der Waals surface area contributed by atoms with Crippen LogP contribution in [0.15, 0.2) is 30.5 Å². The van der Waals surface area contributed by atoms with Crippen LogP contribution in [0.4, 0.5) is 17.5 Å². The fourth-order valence-electron chi connectivity index (χ4n) is 1.81. The van der Waals surface area contributed by atoms with Gasteiger partial charge in [0.15, 0.2) is 0 Å².